The molecule has 0 bridgehead atoms. The summed E-state index contributed by atoms with van der Waals surface area (Å²) < 4.78 is 0. The average Bonchev–Trinajstić information content (AvgIpc) is 2.40. The van der Waals surface area contributed by atoms with Crippen molar-refractivity contribution in [2.45, 2.75) is 6.92 Å². The first-order valence-corrected chi connectivity index (χ1v) is 3.10. The number of nitrogens with one attached hydrogen (secondary N) is 1. The van der Waals surface area contributed by atoms with Gasteiger partial charge in [-0.1, -0.05) is 0 Å². The van der Waals surface area contributed by atoms with Crippen LogP contribution in [0.1, 0.15) is 12.6 Å². The molecule has 2 nitrogen and oxygen atoms in total. The molecule has 1 heterocycles. The van der Waals surface area contributed by atoms with Crippen molar-refractivity contribution in [2.75, 3.05) is 0 Å². The van der Waals surface area contributed by atoms with Crippen LogP contribution in [-0.2, 0) is 4.79 Å². The molecule has 0 unspecified atom stereocenters. The lowest BCUT2D eigenvalue weighted by Crippen LogP contribution is -1.76. The van der Waals surface area contributed by atoms with E-state index >= 15 is 0 Å². The molecule has 0 aliphatic carbocycles. The Labute approximate surface area is 59.6 Å². The molecule has 10 heavy (non-hydrogen) atoms. The maximum atomic E-state index is 10.1. The van der Waals surface area contributed by atoms with Crippen molar-refractivity contribution in [3.8, 4) is 0 Å². The molecule has 0 spiro atoms. The van der Waals surface area contributed by atoms with Crippen LogP contribution in [0.25, 0.3) is 6.08 Å². The Bertz CT molecular complexity index is 234. The fourth-order valence-corrected chi connectivity index (χ4v) is 0.713. The van der Waals surface area contributed by atoms with Gasteiger partial charge < -0.3 is 4.98 Å². The smallest absolute Gasteiger partial charge is 0.145 e. The van der Waals surface area contributed by atoms with E-state index in [0.29, 0.717) is 0 Å². The third-order valence-corrected chi connectivity index (χ3v) is 1.19. The Hall–Kier alpha value is -1.31. The van der Waals surface area contributed by atoms with Crippen LogP contribution < -0.4 is 0 Å². The molecular weight excluding hydrogens is 126 g/mol. The highest BCUT2D eigenvalue weighted by Crippen LogP contribution is 2.00. The second-order valence-corrected chi connectivity index (χ2v) is 2.13. The van der Waals surface area contributed by atoms with Gasteiger partial charge in [0.1, 0.15) is 6.29 Å². The number of carbonyl (C=O) groups is 1. The van der Waals surface area contributed by atoms with E-state index in [0.717, 1.165) is 17.6 Å². The molecule has 2 heteroatoms. The van der Waals surface area contributed by atoms with Gasteiger partial charge in [-0.25, -0.2) is 0 Å². The Kier molecular flexibility index (Phi) is 2.05. The summed E-state index contributed by atoms with van der Waals surface area (Å²) >= 11 is 0. The van der Waals surface area contributed by atoms with Gasteiger partial charge in [-0.05, 0) is 30.7 Å². The topological polar surface area (TPSA) is 32.9 Å². The van der Waals surface area contributed by atoms with Crippen LogP contribution in [0.15, 0.2) is 23.9 Å². The van der Waals surface area contributed by atoms with E-state index in [1.807, 2.05) is 18.3 Å². The minimum atomic E-state index is 0.724. The molecule has 0 saturated carbocycles. The SMILES string of the molecule is C/C(C=O)=C\c1ccc[nH]1. The Balaban J connectivity index is 2.80. The summed E-state index contributed by atoms with van der Waals surface area (Å²) in [5.41, 5.74) is 1.69. The number of hydrogen-bond donors (Lipinski definition) is 1. The van der Waals surface area contributed by atoms with E-state index in [-0.39, 0.29) is 0 Å². The molecule has 0 saturated heterocycles. The van der Waals surface area contributed by atoms with Crippen molar-refractivity contribution >= 4 is 12.4 Å². The lowest BCUT2D eigenvalue weighted by atomic mass is 10.3. The number of H-pyrrole nitrogens is 1. The molecule has 0 amide bonds. The lowest BCUT2D eigenvalue weighted by molar-refractivity contribution is -0.104. The van der Waals surface area contributed by atoms with Gasteiger partial charge in [0.2, 0.25) is 0 Å². The molecule has 1 N–H and O–H groups in total. The van der Waals surface area contributed by atoms with Crippen molar-refractivity contribution in [1.29, 1.82) is 0 Å². The molecule has 0 fully saturated rings. The maximum Gasteiger partial charge on any atom is 0.145 e. The largest absolute Gasteiger partial charge is 0.362 e. The van der Waals surface area contributed by atoms with Gasteiger partial charge >= 0.3 is 0 Å². The molecule has 52 valence electrons. The van der Waals surface area contributed by atoms with Crippen molar-refractivity contribution in [3.63, 3.8) is 0 Å². The number of aromatic nitrogens is 1. The van der Waals surface area contributed by atoms with Crippen LogP contribution in [0.2, 0.25) is 0 Å². The summed E-state index contributed by atoms with van der Waals surface area (Å²) in [4.78, 5) is 13.1. The first kappa shape index (κ1) is 6.81. The van der Waals surface area contributed by atoms with E-state index in [4.69, 9.17) is 0 Å². The first-order chi connectivity index (χ1) is 4.83. The third-order valence-electron chi connectivity index (χ3n) is 1.19. The molecule has 0 atom stereocenters. The molecular formula is C8H9NO. The average molecular weight is 135 g/mol. The maximum absolute atomic E-state index is 10.1. The minimum Gasteiger partial charge on any atom is -0.362 e. The number of carbonyl (C=O) groups excluding carboxylic acids is 1. The van der Waals surface area contributed by atoms with Crippen molar-refractivity contribution in [3.05, 3.63) is 29.6 Å². The monoisotopic (exact) mass is 135 g/mol. The van der Waals surface area contributed by atoms with Crippen LogP contribution in [-0.4, -0.2) is 11.3 Å². The number of aromatic amines is 1. The summed E-state index contributed by atoms with van der Waals surface area (Å²) in [6.45, 7) is 1.77. The van der Waals surface area contributed by atoms with E-state index in [1.165, 1.54) is 0 Å². The van der Waals surface area contributed by atoms with Crippen LogP contribution in [0.3, 0.4) is 0 Å². The molecule has 0 radical (unpaired) electrons. The minimum absolute atomic E-state index is 0.724. The highest BCUT2D eigenvalue weighted by atomic mass is 16.1. The highest BCUT2D eigenvalue weighted by Gasteiger charge is 1.86. The number of rotatable bonds is 2. The van der Waals surface area contributed by atoms with Crippen LogP contribution in [0.5, 0.6) is 0 Å². The van der Waals surface area contributed by atoms with Crippen molar-refractivity contribution < 1.29 is 4.79 Å². The molecule has 0 aliphatic heterocycles. The van der Waals surface area contributed by atoms with Crippen LogP contribution >= 0.6 is 0 Å². The van der Waals surface area contributed by atoms with Gasteiger partial charge in [0.15, 0.2) is 0 Å². The summed E-state index contributed by atoms with van der Waals surface area (Å²) in [5.74, 6) is 0. The summed E-state index contributed by atoms with van der Waals surface area (Å²) in [6, 6.07) is 3.80. The Morgan fingerprint density at radius 2 is 2.50 bits per heavy atom. The Morgan fingerprint density at radius 1 is 1.70 bits per heavy atom. The Morgan fingerprint density at radius 3 is 3.00 bits per heavy atom. The third kappa shape index (κ3) is 1.58. The van der Waals surface area contributed by atoms with E-state index < -0.39 is 0 Å². The van der Waals surface area contributed by atoms with E-state index in [2.05, 4.69) is 4.98 Å². The number of hydrogen-bond acceptors (Lipinski definition) is 1. The molecule has 1 aromatic heterocycles. The van der Waals surface area contributed by atoms with Gasteiger partial charge in [0, 0.05) is 11.9 Å². The standard InChI is InChI=1S/C8H9NO/c1-7(6-10)5-8-3-2-4-9-8/h2-6,9H,1H3/b7-5+. The quantitative estimate of drug-likeness (QED) is 0.485. The second kappa shape index (κ2) is 3.01. The zero-order chi connectivity index (χ0) is 7.40. The first-order valence-electron chi connectivity index (χ1n) is 3.10. The number of aldehydes is 1. The summed E-state index contributed by atoms with van der Waals surface area (Å²) in [5, 5.41) is 0. The summed E-state index contributed by atoms with van der Waals surface area (Å²) in [7, 11) is 0. The second-order valence-electron chi connectivity index (χ2n) is 2.13. The number of allylic oxidation sites excluding steroid dienone is 1. The molecule has 0 aromatic carbocycles. The normalized spacial score (nSPS) is 11.5. The van der Waals surface area contributed by atoms with E-state index in [1.54, 1.807) is 13.0 Å². The van der Waals surface area contributed by atoms with E-state index in [9.17, 15) is 4.79 Å². The zero-order valence-corrected chi connectivity index (χ0v) is 5.79. The van der Waals surface area contributed by atoms with Crippen LogP contribution in [0.4, 0.5) is 0 Å². The van der Waals surface area contributed by atoms with Gasteiger partial charge in [0.05, 0.1) is 0 Å². The van der Waals surface area contributed by atoms with Gasteiger partial charge in [-0.2, -0.15) is 0 Å². The summed E-state index contributed by atoms with van der Waals surface area (Å²) in [6.07, 6.45) is 4.46. The van der Waals surface area contributed by atoms with Gasteiger partial charge in [0.25, 0.3) is 0 Å². The van der Waals surface area contributed by atoms with Gasteiger partial charge in [-0.3, -0.25) is 4.79 Å². The fourth-order valence-electron chi connectivity index (χ4n) is 0.713. The molecule has 0 aliphatic rings. The fraction of sp³-hybridized carbons (Fsp3) is 0.125. The lowest BCUT2D eigenvalue weighted by Gasteiger charge is -1.85. The predicted octanol–water partition coefficient (Wildman–Crippen LogP) is 1.62. The van der Waals surface area contributed by atoms with Crippen molar-refractivity contribution in [2.24, 2.45) is 0 Å². The predicted molar refractivity (Wildman–Crippen MR) is 40.5 cm³/mol. The zero-order valence-electron chi connectivity index (χ0n) is 5.79. The van der Waals surface area contributed by atoms with Gasteiger partial charge in [-0.15, -0.1) is 0 Å². The molecule has 1 rings (SSSR count). The van der Waals surface area contributed by atoms with Crippen LogP contribution in [0, 0.1) is 0 Å². The molecule has 1 aromatic rings. The highest BCUT2D eigenvalue weighted by molar-refractivity contribution is 5.80. The van der Waals surface area contributed by atoms with Crippen molar-refractivity contribution in [1.82, 2.24) is 4.98 Å².